The molecule has 0 saturated heterocycles. The molecule has 1 aliphatic carbocycles. The second-order valence-electron chi connectivity index (χ2n) is 12.2. The minimum Gasteiger partial charge on any atom is -0.508 e. The lowest BCUT2D eigenvalue weighted by atomic mass is 9.57. The number of aliphatic hydroxyl groups excluding tert-OH is 3. The number of ether oxygens (including phenoxy) is 3. The summed E-state index contributed by atoms with van der Waals surface area (Å²) in [6.45, 7) is 9.65. The number of aliphatic hydroxyl groups is 3. The molecule has 2 aromatic carbocycles. The van der Waals surface area contributed by atoms with Crippen molar-refractivity contribution in [2.24, 2.45) is 11.3 Å². The van der Waals surface area contributed by atoms with Crippen LogP contribution in [0.3, 0.4) is 0 Å². The Morgan fingerprint density at radius 2 is 1.59 bits per heavy atom. The fourth-order valence-corrected chi connectivity index (χ4v) is 6.43. The Balaban J connectivity index is 1.48. The van der Waals surface area contributed by atoms with Crippen LogP contribution in [0.25, 0.3) is 12.2 Å². The third kappa shape index (κ3) is 4.27. The van der Waals surface area contributed by atoms with Crippen molar-refractivity contribution < 1.29 is 34.6 Å². The molecule has 7 heteroatoms. The molecule has 200 valence electrons. The van der Waals surface area contributed by atoms with E-state index in [0.717, 1.165) is 16.7 Å². The average Bonchev–Trinajstić information content (AvgIpc) is 2.81. The van der Waals surface area contributed by atoms with E-state index in [1.54, 1.807) is 13.2 Å². The van der Waals surface area contributed by atoms with Gasteiger partial charge in [-0.3, -0.25) is 0 Å². The molecule has 0 radical (unpaired) electrons. The third-order valence-corrected chi connectivity index (χ3v) is 8.76. The maximum Gasteiger partial charge on any atom is 0.165 e. The zero-order valence-electron chi connectivity index (χ0n) is 22.4. The van der Waals surface area contributed by atoms with Gasteiger partial charge in [0.05, 0.1) is 25.4 Å². The number of fused-ring (bicyclic) bond motifs is 3. The van der Waals surface area contributed by atoms with Gasteiger partial charge in [-0.2, -0.15) is 0 Å². The summed E-state index contributed by atoms with van der Waals surface area (Å²) in [4.78, 5) is 0. The molecular formula is C30H38O7. The molecule has 0 amide bonds. The highest BCUT2D eigenvalue weighted by Crippen LogP contribution is 2.55. The second kappa shape index (κ2) is 8.65. The molecule has 1 fully saturated rings. The maximum atomic E-state index is 10.7. The number of rotatable bonds is 3. The number of phenols is 1. The van der Waals surface area contributed by atoms with Gasteiger partial charge in [-0.1, -0.05) is 26.0 Å². The van der Waals surface area contributed by atoms with Gasteiger partial charge in [0, 0.05) is 29.7 Å². The summed E-state index contributed by atoms with van der Waals surface area (Å²) < 4.78 is 18.2. The van der Waals surface area contributed by atoms with Gasteiger partial charge < -0.3 is 34.6 Å². The van der Waals surface area contributed by atoms with Crippen molar-refractivity contribution in [2.75, 3.05) is 7.11 Å². The minimum absolute atomic E-state index is 0.00304. The predicted molar refractivity (Wildman–Crippen MR) is 141 cm³/mol. The third-order valence-electron chi connectivity index (χ3n) is 8.76. The SMILES string of the molecule is COc1cc(/C=C/c2cc(O)c3c(c2)OC(C)(C)[C@H](O)C3)cc2c1O[C@]1(C)C[C@@H](O)[C@@H](O)C(C)(C)[C@H]1C2. The van der Waals surface area contributed by atoms with E-state index in [-0.39, 0.29) is 11.7 Å². The van der Waals surface area contributed by atoms with Crippen LogP contribution in [0, 0.1) is 11.3 Å². The van der Waals surface area contributed by atoms with Crippen molar-refractivity contribution in [1.29, 1.82) is 0 Å². The standard InChI is InChI=1S/C30H38O7/c1-28(2)24-13-18-9-16(12-23(35-6)26(18)37-30(24,5)15-21(32)27(28)34)7-8-17-10-20(31)19-14-25(33)29(3,4)36-22(19)11-17/h7-12,21,24-25,27,31-34H,13-15H2,1-6H3/b8-7+/t21-,24-,25-,27-,30-/m1/s1. The molecule has 2 aliphatic heterocycles. The Bertz CT molecular complexity index is 1250. The second-order valence-corrected chi connectivity index (χ2v) is 12.2. The van der Waals surface area contributed by atoms with Gasteiger partial charge in [-0.15, -0.1) is 0 Å². The molecule has 2 heterocycles. The molecule has 0 unspecified atom stereocenters. The maximum absolute atomic E-state index is 10.7. The normalized spacial score (nSPS) is 31.5. The molecule has 1 saturated carbocycles. The quantitative estimate of drug-likeness (QED) is 0.460. The Hall–Kier alpha value is -2.74. The van der Waals surface area contributed by atoms with Crippen molar-refractivity contribution in [3.63, 3.8) is 0 Å². The van der Waals surface area contributed by atoms with E-state index >= 15 is 0 Å². The Morgan fingerprint density at radius 1 is 0.919 bits per heavy atom. The molecule has 0 aromatic heterocycles. The molecule has 3 aliphatic rings. The first-order valence-corrected chi connectivity index (χ1v) is 12.9. The van der Waals surface area contributed by atoms with Gasteiger partial charge in [-0.05, 0) is 68.1 Å². The Morgan fingerprint density at radius 3 is 2.27 bits per heavy atom. The molecule has 7 nitrogen and oxygen atoms in total. The Labute approximate surface area is 218 Å². The van der Waals surface area contributed by atoms with Gasteiger partial charge in [-0.25, -0.2) is 0 Å². The minimum atomic E-state index is -0.850. The van der Waals surface area contributed by atoms with E-state index < -0.39 is 34.9 Å². The number of phenolic OH excluding ortho intramolecular Hbond substituents is 1. The van der Waals surface area contributed by atoms with Gasteiger partial charge >= 0.3 is 0 Å². The van der Waals surface area contributed by atoms with E-state index in [9.17, 15) is 20.4 Å². The average molecular weight is 511 g/mol. The molecule has 4 N–H and O–H groups in total. The van der Waals surface area contributed by atoms with Crippen LogP contribution in [0.5, 0.6) is 23.0 Å². The van der Waals surface area contributed by atoms with E-state index in [0.29, 0.717) is 42.1 Å². The van der Waals surface area contributed by atoms with Gasteiger partial charge in [0.1, 0.15) is 22.7 Å². The summed E-state index contributed by atoms with van der Waals surface area (Å²) in [5.41, 5.74) is 1.39. The lowest BCUT2D eigenvalue weighted by molar-refractivity contribution is -0.187. The van der Waals surface area contributed by atoms with E-state index in [4.69, 9.17) is 14.2 Å². The summed E-state index contributed by atoms with van der Waals surface area (Å²) in [7, 11) is 1.61. The largest absolute Gasteiger partial charge is 0.508 e. The molecule has 5 rings (SSSR count). The smallest absolute Gasteiger partial charge is 0.165 e. The van der Waals surface area contributed by atoms with Gasteiger partial charge in [0.15, 0.2) is 11.5 Å². The summed E-state index contributed by atoms with van der Waals surface area (Å²) in [6.07, 6.45) is 2.85. The first-order valence-electron chi connectivity index (χ1n) is 12.9. The molecule has 2 aromatic rings. The predicted octanol–water partition coefficient (Wildman–Crippen LogP) is 4.11. The number of benzene rings is 2. The first kappa shape index (κ1) is 25.9. The molecule has 37 heavy (non-hydrogen) atoms. The molecule has 5 atom stereocenters. The van der Waals surface area contributed by atoms with E-state index in [1.165, 1.54) is 0 Å². The number of hydrogen-bond acceptors (Lipinski definition) is 7. The van der Waals surface area contributed by atoms with E-state index in [1.807, 2.05) is 58.9 Å². The van der Waals surface area contributed by atoms with Crippen molar-refractivity contribution in [1.82, 2.24) is 0 Å². The summed E-state index contributed by atoms with van der Waals surface area (Å²) >= 11 is 0. The van der Waals surface area contributed by atoms with Crippen LogP contribution >= 0.6 is 0 Å². The van der Waals surface area contributed by atoms with Crippen LogP contribution in [0.1, 0.15) is 63.3 Å². The van der Waals surface area contributed by atoms with Crippen LogP contribution in [0.2, 0.25) is 0 Å². The lowest BCUT2D eigenvalue weighted by Crippen LogP contribution is -2.63. The lowest BCUT2D eigenvalue weighted by Gasteiger charge is -2.56. The summed E-state index contributed by atoms with van der Waals surface area (Å²) in [5, 5.41) is 42.2. The van der Waals surface area contributed by atoms with Gasteiger partial charge in [0.25, 0.3) is 0 Å². The van der Waals surface area contributed by atoms with Crippen LogP contribution < -0.4 is 14.2 Å². The highest BCUT2D eigenvalue weighted by atomic mass is 16.5. The fourth-order valence-electron chi connectivity index (χ4n) is 6.43. The molecule has 0 spiro atoms. The first-order chi connectivity index (χ1) is 17.2. The zero-order valence-corrected chi connectivity index (χ0v) is 22.4. The van der Waals surface area contributed by atoms with Crippen LogP contribution in [0.15, 0.2) is 24.3 Å². The van der Waals surface area contributed by atoms with Crippen molar-refractivity contribution in [2.45, 2.75) is 83.4 Å². The van der Waals surface area contributed by atoms with Crippen LogP contribution in [0.4, 0.5) is 0 Å². The van der Waals surface area contributed by atoms with E-state index in [2.05, 4.69) is 6.07 Å². The van der Waals surface area contributed by atoms with Crippen molar-refractivity contribution >= 4 is 12.2 Å². The number of hydrogen-bond donors (Lipinski definition) is 4. The summed E-state index contributed by atoms with van der Waals surface area (Å²) in [5.74, 6) is 1.97. The van der Waals surface area contributed by atoms with Gasteiger partial charge in [0.2, 0.25) is 0 Å². The topological polar surface area (TPSA) is 109 Å². The van der Waals surface area contributed by atoms with Crippen LogP contribution in [-0.2, 0) is 12.8 Å². The van der Waals surface area contributed by atoms with Crippen molar-refractivity contribution in [3.05, 3.63) is 46.5 Å². The zero-order chi connectivity index (χ0) is 26.9. The summed E-state index contributed by atoms with van der Waals surface area (Å²) in [6, 6.07) is 7.52. The van der Waals surface area contributed by atoms with Crippen molar-refractivity contribution in [3.8, 4) is 23.0 Å². The van der Waals surface area contributed by atoms with Crippen LogP contribution in [-0.4, -0.2) is 57.0 Å². The number of aromatic hydroxyl groups is 1. The number of methoxy groups -OCH3 is 1. The highest BCUT2D eigenvalue weighted by Gasteiger charge is 2.58. The monoisotopic (exact) mass is 510 g/mol. The highest BCUT2D eigenvalue weighted by molar-refractivity contribution is 5.74. The Kier molecular flexibility index (Phi) is 6.05. The molecule has 0 bridgehead atoms. The molecular weight excluding hydrogens is 472 g/mol. The fraction of sp³-hybridized carbons (Fsp3) is 0.533.